The first-order valence-electron chi connectivity index (χ1n) is 7.46. The molecule has 0 aliphatic carbocycles. The van der Waals surface area contributed by atoms with Crippen LogP contribution in [0.1, 0.15) is 11.3 Å². The summed E-state index contributed by atoms with van der Waals surface area (Å²) in [7, 11) is 4.75. The predicted octanol–water partition coefficient (Wildman–Crippen LogP) is 2.68. The van der Waals surface area contributed by atoms with E-state index in [1.165, 1.54) is 6.08 Å². The molecule has 6 heteroatoms. The van der Waals surface area contributed by atoms with Gasteiger partial charge >= 0.3 is 0 Å². The highest BCUT2D eigenvalue weighted by atomic mass is 16.5. The molecule has 0 atom stereocenters. The van der Waals surface area contributed by atoms with E-state index in [9.17, 15) is 4.79 Å². The number of amides is 1. The molecule has 0 saturated carbocycles. The molecule has 0 aliphatic heterocycles. The smallest absolute Gasteiger partial charge is 0.244 e. The van der Waals surface area contributed by atoms with Gasteiger partial charge < -0.3 is 23.9 Å². The minimum Gasteiger partial charge on any atom is -0.496 e. The van der Waals surface area contributed by atoms with Gasteiger partial charge in [-0.05, 0) is 24.6 Å². The van der Waals surface area contributed by atoms with Gasteiger partial charge in [-0.15, -0.1) is 0 Å². The van der Waals surface area contributed by atoms with Crippen LogP contribution >= 0.6 is 0 Å². The standard InChI is InChI=1S/C18H21NO5/c1-21-14-11-16(22-2)15(17(12-14)23-3)8-9-19-18(20)7-6-13-5-4-10-24-13/h4-7,10-12H,8-9H2,1-3H3,(H,19,20)/b7-6+. The Morgan fingerprint density at radius 2 is 1.88 bits per heavy atom. The maximum Gasteiger partial charge on any atom is 0.244 e. The van der Waals surface area contributed by atoms with Crippen molar-refractivity contribution >= 4 is 12.0 Å². The van der Waals surface area contributed by atoms with E-state index < -0.39 is 0 Å². The van der Waals surface area contributed by atoms with Crippen LogP contribution in [-0.2, 0) is 11.2 Å². The van der Waals surface area contributed by atoms with E-state index in [4.69, 9.17) is 18.6 Å². The molecule has 0 spiro atoms. The Balaban J connectivity index is 1.97. The maximum atomic E-state index is 11.8. The average molecular weight is 331 g/mol. The number of carbonyl (C=O) groups excluding carboxylic acids is 1. The zero-order valence-electron chi connectivity index (χ0n) is 14.0. The fourth-order valence-corrected chi connectivity index (χ4v) is 2.24. The first kappa shape index (κ1) is 17.5. The van der Waals surface area contributed by atoms with Crippen LogP contribution < -0.4 is 19.5 Å². The average Bonchev–Trinajstić information content (AvgIpc) is 3.13. The lowest BCUT2D eigenvalue weighted by Crippen LogP contribution is -2.23. The van der Waals surface area contributed by atoms with Crippen LogP contribution in [0.25, 0.3) is 6.08 Å². The van der Waals surface area contributed by atoms with Crippen molar-refractivity contribution in [2.24, 2.45) is 0 Å². The number of ether oxygens (including phenoxy) is 3. The lowest BCUT2D eigenvalue weighted by Gasteiger charge is -2.15. The molecule has 0 saturated heterocycles. The molecule has 0 radical (unpaired) electrons. The molecule has 0 unspecified atom stereocenters. The highest BCUT2D eigenvalue weighted by Crippen LogP contribution is 2.34. The molecule has 1 aromatic carbocycles. The molecule has 1 N–H and O–H groups in total. The lowest BCUT2D eigenvalue weighted by molar-refractivity contribution is -0.116. The fraction of sp³-hybridized carbons (Fsp3) is 0.278. The minimum absolute atomic E-state index is 0.196. The van der Waals surface area contributed by atoms with Crippen molar-refractivity contribution in [2.45, 2.75) is 6.42 Å². The zero-order valence-corrected chi connectivity index (χ0v) is 14.0. The third-order valence-corrected chi connectivity index (χ3v) is 3.43. The van der Waals surface area contributed by atoms with Crippen molar-refractivity contribution in [3.63, 3.8) is 0 Å². The molecule has 1 aromatic heterocycles. The van der Waals surface area contributed by atoms with Gasteiger partial charge in [-0.1, -0.05) is 0 Å². The first-order valence-corrected chi connectivity index (χ1v) is 7.46. The number of benzene rings is 1. The highest BCUT2D eigenvalue weighted by Gasteiger charge is 2.13. The Bertz CT molecular complexity index is 666. The quantitative estimate of drug-likeness (QED) is 0.753. The minimum atomic E-state index is -0.196. The SMILES string of the molecule is COc1cc(OC)c(CCNC(=O)/C=C/c2ccco2)c(OC)c1. The lowest BCUT2D eigenvalue weighted by atomic mass is 10.1. The van der Waals surface area contributed by atoms with Gasteiger partial charge in [0.05, 0.1) is 27.6 Å². The Morgan fingerprint density at radius 1 is 1.17 bits per heavy atom. The fourth-order valence-electron chi connectivity index (χ4n) is 2.24. The number of furan rings is 1. The van der Waals surface area contributed by atoms with E-state index in [2.05, 4.69) is 5.32 Å². The number of methoxy groups -OCH3 is 3. The van der Waals surface area contributed by atoms with Crippen LogP contribution in [0.2, 0.25) is 0 Å². The molecule has 0 aliphatic rings. The summed E-state index contributed by atoms with van der Waals surface area (Å²) in [5.74, 6) is 2.40. The molecule has 6 nitrogen and oxygen atoms in total. The third-order valence-electron chi connectivity index (χ3n) is 3.43. The summed E-state index contributed by atoms with van der Waals surface area (Å²) in [6, 6.07) is 7.11. The van der Waals surface area contributed by atoms with Crippen LogP contribution in [0.3, 0.4) is 0 Å². The largest absolute Gasteiger partial charge is 0.496 e. The maximum absolute atomic E-state index is 11.8. The summed E-state index contributed by atoms with van der Waals surface area (Å²) < 4.78 is 21.1. The van der Waals surface area contributed by atoms with Crippen molar-refractivity contribution in [2.75, 3.05) is 27.9 Å². The first-order chi connectivity index (χ1) is 11.7. The molecule has 2 aromatic rings. The van der Waals surface area contributed by atoms with E-state index in [0.717, 1.165) is 5.56 Å². The van der Waals surface area contributed by atoms with Crippen molar-refractivity contribution in [1.29, 1.82) is 0 Å². The number of carbonyl (C=O) groups is 1. The summed E-state index contributed by atoms with van der Waals surface area (Å²) in [5, 5.41) is 2.82. The Hall–Kier alpha value is -2.89. The molecule has 24 heavy (non-hydrogen) atoms. The molecular weight excluding hydrogens is 310 g/mol. The molecule has 1 heterocycles. The molecule has 0 fully saturated rings. The summed E-state index contributed by atoms with van der Waals surface area (Å²) in [6.07, 6.45) is 5.17. The van der Waals surface area contributed by atoms with Gasteiger partial charge in [0.1, 0.15) is 23.0 Å². The van der Waals surface area contributed by atoms with Crippen molar-refractivity contribution in [3.8, 4) is 17.2 Å². The van der Waals surface area contributed by atoms with Gasteiger partial charge in [-0.3, -0.25) is 4.79 Å². The second kappa shape index (κ2) is 8.67. The van der Waals surface area contributed by atoms with Crippen molar-refractivity contribution < 1.29 is 23.4 Å². The Labute approximate surface area is 141 Å². The highest BCUT2D eigenvalue weighted by molar-refractivity contribution is 5.91. The van der Waals surface area contributed by atoms with E-state index >= 15 is 0 Å². The normalized spacial score (nSPS) is 10.6. The van der Waals surface area contributed by atoms with Gasteiger partial charge in [-0.2, -0.15) is 0 Å². The Kier molecular flexibility index (Phi) is 6.31. The topological polar surface area (TPSA) is 69.9 Å². The number of hydrogen-bond donors (Lipinski definition) is 1. The van der Waals surface area contributed by atoms with E-state index in [0.29, 0.717) is 36.0 Å². The van der Waals surface area contributed by atoms with E-state index in [1.807, 2.05) is 0 Å². The number of hydrogen-bond acceptors (Lipinski definition) is 5. The van der Waals surface area contributed by atoms with Gasteiger partial charge in [0.25, 0.3) is 0 Å². The Morgan fingerprint density at radius 3 is 2.42 bits per heavy atom. The molecule has 1 amide bonds. The summed E-state index contributed by atoms with van der Waals surface area (Å²) in [4.78, 5) is 11.8. The summed E-state index contributed by atoms with van der Waals surface area (Å²) >= 11 is 0. The van der Waals surface area contributed by atoms with E-state index in [-0.39, 0.29) is 5.91 Å². The van der Waals surface area contributed by atoms with Gasteiger partial charge in [0, 0.05) is 30.3 Å². The third kappa shape index (κ3) is 4.55. The van der Waals surface area contributed by atoms with Crippen LogP contribution in [0, 0.1) is 0 Å². The summed E-state index contributed by atoms with van der Waals surface area (Å²) in [6.45, 7) is 0.445. The van der Waals surface area contributed by atoms with Crippen molar-refractivity contribution in [1.82, 2.24) is 5.32 Å². The summed E-state index contributed by atoms with van der Waals surface area (Å²) in [5.41, 5.74) is 0.871. The second-order valence-corrected chi connectivity index (χ2v) is 4.90. The second-order valence-electron chi connectivity index (χ2n) is 4.90. The number of nitrogens with one attached hydrogen (secondary N) is 1. The van der Waals surface area contributed by atoms with Crippen LogP contribution in [0.15, 0.2) is 41.0 Å². The van der Waals surface area contributed by atoms with Gasteiger partial charge in [0.15, 0.2) is 0 Å². The van der Waals surface area contributed by atoms with Crippen LogP contribution in [-0.4, -0.2) is 33.8 Å². The molecule has 2 rings (SSSR count). The molecular formula is C18H21NO5. The van der Waals surface area contributed by atoms with Crippen molar-refractivity contribution in [3.05, 3.63) is 47.9 Å². The van der Waals surface area contributed by atoms with E-state index in [1.54, 1.807) is 57.9 Å². The van der Waals surface area contributed by atoms with Crippen LogP contribution in [0.5, 0.6) is 17.2 Å². The monoisotopic (exact) mass is 331 g/mol. The number of rotatable bonds is 8. The zero-order chi connectivity index (χ0) is 17.4. The van der Waals surface area contributed by atoms with Gasteiger partial charge in [0.2, 0.25) is 5.91 Å². The molecule has 128 valence electrons. The molecule has 0 bridgehead atoms. The van der Waals surface area contributed by atoms with Crippen LogP contribution in [0.4, 0.5) is 0 Å². The predicted molar refractivity (Wildman–Crippen MR) is 90.6 cm³/mol. The van der Waals surface area contributed by atoms with Gasteiger partial charge in [-0.25, -0.2) is 0 Å².